The van der Waals surface area contributed by atoms with E-state index >= 15 is 0 Å². The number of aliphatic hydroxyl groups is 1. The summed E-state index contributed by atoms with van der Waals surface area (Å²) in [5.74, 6) is 0. The highest BCUT2D eigenvalue weighted by Gasteiger charge is 2.16. The Morgan fingerprint density at radius 1 is 1.40 bits per heavy atom. The molecule has 0 amide bonds. The Labute approximate surface area is 122 Å². The molecule has 1 N–H and O–H groups in total. The zero-order chi connectivity index (χ0) is 14.2. The van der Waals surface area contributed by atoms with Crippen molar-refractivity contribution in [3.63, 3.8) is 0 Å². The van der Waals surface area contributed by atoms with Crippen LogP contribution in [-0.4, -0.2) is 34.2 Å². The molecule has 0 bridgehead atoms. The van der Waals surface area contributed by atoms with Gasteiger partial charge in [-0.1, -0.05) is 19.3 Å². The molecule has 1 unspecified atom stereocenters. The standard InChI is InChI=1S/C16H28N2O2/c1-2-20-12-6-9-16(19)13-14-10-11-18(17-14)15-7-4-3-5-8-15/h10-11,15-16,19H,2-9,12-13H2,1H3. The third kappa shape index (κ3) is 4.91. The Hall–Kier alpha value is -0.870. The van der Waals surface area contributed by atoms with Crippen molar-refractivity contribution in [2.75, 3.05) is 13.2 Å². The van der Waals surface area contributed by atoms with E-state index in [4.69, 9.17) is 4.74 Å². The zero-order valence-electron chi connectivity index (χ0n) is 12.6. The monoisotopic (exact) mass is 280 g/mol. The average molecular weight is 280 g/mol. The summed E-state index contributed by atoms with van der Waals surface area (Å²) in [5.41, 5.74) is 1.01. The van der Waals surface area contributed by atoms with Crippen LogP contribution in [0.2, 0.25) is 0 Å². The second kappa shape index (κ2) is 8.42. The summed E-state index contributed by atoms with van der Waals surface area (Å²) >= 11 is 0. The van der Waals surface area contributed by atoms with Crippen LogP contribution in [0.15, 0.2) is 12.3 Å². The van der Waals surface area contributed by atoms with Gasteiger partial charge in [-0.05, 0) is 38.7 Å². The lowest BCUT2D eigenvalue weighted by atomic mass is 9.96. The molecule has 1 aliphatic rings. The van der Waals surface area contributed by atoms with Gasteiger partial charge < -0.3 is 9.84 Å². The van der Waals surface area contributed by atoms with E-state index in [0.29, 0.717) is 12.5 Å². The molecule has 0 spiro atoms. The van der Waals surface area contributed by atoms with E-state index in [-0.39, 0.29) is 6.10 Å². The van der Waals surface area contributed by atoms with Crippen LogP contribution < -0.4 is 0 Å². The Morgan fingerprint density at radius 2 is 2.20 bits per heavy atom. The van der Waals surface area contributed by atoms with Crippen molar-refractivity contribution < 1.29 is 9.84 Å². The number of hydrogen-bond acceptors (Lipinski definition) is 3. The fraction of sp³-hybridized carbons (Fsp3) is 0.812. The number of rotatable bonds is 8. The number of nitrogens with zero attached hydrogens (tertiary/aromatic N) is 2. The molecule has 0 saturated heterocycles. The molecule has 1 aliphatic carbocycles. The molecule has 1 aromatic heterocycles. The van der Waals surface area contributed by atoms with Crippen molar-refractivity contribution >= 4 is 0 Å². The summed E-state index contributed by atoms with van der Waals surface area (Å²) in [6.07, 6.45) is 10.6. The SMILES string of the molecule is CCOCCCC(O)Cc1ccn(C2CCCCC2)n1. The van der Waals surface area contributed by atoms with Crippen LogP contribution in [0.3, 0.4) is 0 Å². The van der Waals surface area contributed by atoms with Gasteiger partial charge in [0.1, 0.15) is 0 Å². The molecule has 0 aromatic carbocycles. The van der Waals surface area contributed by atoms with E-state index in [0.717, 1.165) is 31.7 Å². The summed E-state index contributed by atoms with van der Waals surface area (Å²) in [6.45, 7) is 3.49. The molecule has 0 radical (unpaired) electrons. The number of hydrogen-bond donors (Lipinski definition) is 1. The minimum Gasteiger partial charge on any atom is -0.393 e. The predicted octanol–water partition coefficient (Wildman–Crippen LogP) is 3.11. The molecule has 4 nitrogen and oxygen atoms in total. The maximum atomic E-state index is 10.0. The minimum atomic E-state index is -0.301. The lowest BCUT2D eigenvalue weighted by Gasteiger charge is -2.21. The Kier molecular flexibility index (Phi) is 6.54. The minimum absolute atomic E-state index is 0.301. The number of aliphatic hydroxyl groups excluding tert-OH is 1. The molecule has 1 saturated carbocycles. The molecule has 20 heavy (non-hydrogen) atoms. The van der Waals surface area contributed by atoms with E-state index in [2.05, 4.69) is 22.0 Å². The highest BCUT2D eigenvalue weighted by Crippen LogP contribution is 2.27. The first-order chi connectivity index (χ1) is 9.79. The van der Waals surface area contributed by atoms with Crippen LogP contribution in [0.25, 0.3) is 0 Å². The largest absolute Gasteiger partial charge is 0.393 e. The van der Waals surface area contributed by atoms with Crippen LogP contribution in [0, 0.1) is 0 Å². The third-order valence-corrected chi connectivity index (χ3v) is 4.09. The van der Waals surface area contributed by atoms with Crippen molar-refractivity contribution in [1.29, 1.82) is 0 Å². The smallest absolute Gasteiger partial charge is 0.0650 e. The van der Waals surface area contributed by atoms with Gasteiger partial charge >= 0.3 is 0 Å². The Bertz CT molecular complexity index is 372. The van der Waals surface area contributed by atoms with Gasteiger partial charge in [0.2, 0.25) is 0 Å². The molecule has 1 atom stereocenters. The Balaban J connectivity index is 1.74. The van der Waals surface area contributed by atoms with Crippen LogP contribution in [0.1, 0.15) is 63.6 Å². The maximum absolute atomic E-state index is 10.0. The van der Waals surface area contributed by atoms with E-state index in [1.165, 1.54) is 32.1 Å². The van der Waals surface area contributed by atoms with Crippen LogP contribution in [0.4, 0.5) is 0 Å². The quantitative estimate of drug-likeness (QED) is 0.744. The first-order valence-corrected chi connectivity index (χ1v) is 8.09. The second-order valence-corrected chi connectivity index (χ2v) is 5.78. The average Bonchev–Trinajstić information content (AvgIpc) is 2.93. The lowest BCUT2D eigenvalue weighted by molar-refractivity contribution is 0.114. The van der Waals surface area contributed by atoms with Crippen molar-refractivity contribution in [2.24, 2.45) is 0 Å². The first-order valence-electron chi connectivity index (χ1n) is 8.09. The van der Waals surface area contributed by atoms with E-state index in [9.17, 15) is 5.11 Å². The molecular weight excluding hydrogens is 252 g/mol. The summed E-state index contributed by atoms with van der Waals surface area (Å²) < 4.78 is 7.40. The second-order valence-electron chi connectivity index (χ2n) is 5.78. The molecule has 1 fully saturated rings. The van der Waals surface area contributed by atoms with Gasteiger partial charge in [-0.25, -0.2) is 0 Å². The summed E-state index contributed by atoms with van der Waals surface area (Å²) in [5, 5.41) is 14.7. The molecule has 114 valence electrons. The molecule has 4 heteroatoms. The maximum Gasteiger partial charge on any atom is 0.0650 e. The summed E-state index contributed by atoms with van der Waals surface area (Å²) in [7, 11) is 0. The van der Waals surface area contributed by atoms with Gasteiger partial charge in [0.15, 0.2) is 0 Å². The highest BCUT2D eigenvalue weighted by molar-refractivity contribution is 5.01. The summed E-state index contributed by atoms with van der Waals surface area (Å²) in [4.78, 5) is 0. The molecule has 1 aromatic rings. The number of aromatic nitrogens is 2. The van der Waals surface area contributed by atoms with Crippen LogP contribution in [0.5, 0.6) is 0 Å². The van der Waals surface area contributed by atoms with E-state index < -0.39 is 0 Å². The summed E-state index contributed by atoms with van der Waals surface area (Å²) in [6, 6.07) is 2.63. The van der Waals surface area contributed by atoms with Gasteiger partial charge in [0.05, 0.1) is 17.8 Å². The van der Waals surface area contributed by atoms with E-state index in [1.807, 2.05) is 6.92 Å². The molecule has 1 heterocycles. The third-order valence-electron chi connectivity index (χ3n) is 4.09. The van der Waals surface area contributed by atoms with Gasteiger partial charge in [0, 0.05) is 25.8 Å². The topological polar surface area (TPSA) is 47.3 Å². The van der Waals surface area contributed by atoms with Crippen molar-refractivity contribution in [1.82, 2.24) is 9.78 Å². The predicted molar refractivity (Wildman–Crippen MR) is 79.8 cm³/mol. The Morgan fingerprint density at radius 3 is 2.95 bits per heavy atom. The van der Waals surface area contributed by atoms with Crippen molar-refractivity contribution in [3.05, 3.63) is 18.0 Å². The van der Waals surface area contributed by atoms with Gasteiger partial charge in [0.25, 0.3) is 0 Å². The molecule has 0 aliphatic heterocycles. The van der Waals surface area contributed by atoms with E-state index in [1.54, 1.807) is 0 Å². The number of ether oxygens (including phenoxy) is 1. The van der Waals surface area contributed by atoms with Gasteiger partial charge in [-0.2, -0.15) is 5.10 Å². The van der Waals surface area contributed by atoms with Gasteiger partial charge in [-0.15, -0.1) is 0 Å². The highest BCUT2D eigenvalue weighted by atomic mass is 16.5. The lowest BCUT2D eigenvalue weighted by Crippen LogP contribution is -2.15. The fourth-order valence-corrected chi connectivity index (χ4v) is 2.94. The van der Waals surface area contributed by atoms with Crippen LogP contribution >= 0.6 is 0 Å². The van der Waals surface area contributed by atoms with Crippen LogP contribution in [-0.2, 0) is 11.2 Å². The van der Waals surface area contributed by atoms with Crippen molar-refractivity contribution in [3.8, 4) is 0 Å². The van der Waals surface area contributed by atoms with Crippen molar-refractivity contribution in [2.45, 2.75) is 70.4 Å². The normalized spacial score (nSPS) is 18.3. The molecular formula is C16H28N2O2. The molecule has 2 rings (SSSR count). The fourth-order valence-electron chi connectivity index (χ4n) is 2.94. The first kappa shape index (κ1) is 15.5. The van der Waals surface area contributed by atoms with Gasteiger partial charge in [-0.3, -0.25) is 4.68 Å². The zero-order valence-corrected chi connectivity index (χ0v) is 12.6.